The van der Waals surface area contributed by atoms with Crippen LogP contribution in [0, 0.1) is 0 Å². The summed E-state index contributed by atoms with van der Waals surface area (Å²) in [5.41, 5.74) is -0.107. The number of phenolic OH excluding ortho intramolecular Hbond substituents is 1. The maximum absolute atomic E-state index is 12.9. The van der Waals surface area contributed by atoms with Gasteiger partial charge in [0.15, 0.2) is 0 Å². The van der Waals surface area contributed by atoms with E-state index in [-0.39, 0.29) is 27.6 Å². The number of thioether (sulfide) groups is 1. The highest BCUT2D eigenvalue weighted by molar-refractivity contribution is 8.19. The van der Waals surface area contributed by atoms with Crippen molar-refractivity contribution in [2.45, 2.75) is 6.18 Å². The quantitative estimate of drug-likeness (QED) is 0.292. The molecule has 1 heterocycles. The number of nitrogens with zero attached hydrogens (tertiary/aromatic N) is 3. The largest absolute Gasteiger partial charge is 0.507 e. The minimum atomic E-state index is -4.51. The van der Waals surface area contributed by atoms with E-state index in [1.54, 1.807) is 12.1 Å². The zero-order valence-electron chi connectivity index (χ0n) is 17.0. The molecule has 0 bridgehead atoms. The van der Waals surface area contributed by atoms with Crippen molar-refractivity contribution in [2.24, 2.45) is 10.2 Å². The van der Waals surface area contributed by atoms with E-state index in [9.17, 15) is 27.9 Å². The van der Waals surface area contributed by atoms with Gasteiger partial charge in [-0.3, -0.25) is 9.59 Å². The predicted molar refractivity (Wildman–Crippen MR) is 124 cm³/mol. The number of aromatic hydroxyl groups is 1. The summed E-state index contributed by atoms with van der Waals surface area (Å²) in [6, 6.07) is 14.6. The average molecular weight is 504 g/mol. The molecule has 1 aliphatic rings. The molecule has 1 aliphatic heterocycles. The number of hydrogen-bond donors (Lipinski definition) is 1. The van der Waals surface area contributed by atoms with Crippen molar-refractivity contribution in [3.63, 3.8) is 0 Å². The number of alkyl halides is 3. The van der Waals surface area contributed by atoms with E-state index < -0.39 is 22.9 Å². The Morgan fingerprint density at radius 3 is 2.29 bits per heavy atom. The Morgan fingerprint density at radius 2 is 1.62 bits per heavy atom. The molecule has 1 fully saturated rings. The van der Waals surface area contributed by atoms with Gasteiger partial charge < -0.3 is 5.11 Å². The van der Waals surface area contributed by atoms with E-state index in [4.69, 9.17) is 11.6 Å². The first-order valence-corrected chi connectivity index (χ1v) is 10.8. The van der Waals surface area contributed by atoms with Crippen molar-refractivity contribution in [2.75, 3.05) is 4.90 Å². The van der Waals surface area contributed by atoms with Crippen molar-refractivity contribution in [3.05, 3.63) is 87.8 Å². The van der Waals surface area contributed by atoms with Crippen LogP contribution in [0.4, 0.5) is 35.0 Å². The van der Waals surface area contributed by atoms with Crippen LogP contribution < -0.4 is 4.90 Å². The zero-order chi connectivity index (χ0) is 24.5. The molecule has 0 spiro atoms. The molecule has 34 heavy (non-hydrogen) atoms. The van der Waals surface area contributed by atoms with E-state index in [0.29, 0.717) is 22.5 Å². The maximum atomic E-state index is 12.9. The smallest absolute Gasteiger partial charge is 0.416 e. The monoisotopic (exact) mass is 503 g/mol. The molecule has 1 saturated heterocycles. The molecular weight excluding hydrogens is 491 g/mol. The summed E-state index contributed by atoms with van der Waals surface area (Å²) in [6.07, 6.45) is -3.17. The Labute approximate surface area is 200 Å². The molecule has 172 valence electrons. The molecule has 3 aromatic rings. The van der Waals surface area contributed by atoms with Crippen LogP contribution in [0.5, 0.6) is 5.75 Å². The van der Waals surface area contributed by atoms with Gasteiger partial charge in [-0.2, -0.15) is 23.4 Å². The Bertz CT molecular complexity index is 1340. The molecule has 0 saturated carbocycles. The first-order valence-electron chi connectivity index (χ1n) is 9.57. The first-order chi connectivity index (χ1) is 16.1. The number of imide groups is 1. The summed E-state index contributed by atoms with van der Waals surface area (Å²) in [7, 11) is 0. The molecule has 0 radical (unpaired) electrons. The van der Waals surface area contributed by atoms with Crippen LogP contribution in [-0.2, 0) is 11.0 Å². The van der Waals surface area contributed by atoms with E-state index in [1.165, 1.54) is 48.5 Å². The molecule has 0 aromatic heterocycles. The fourth-order valence-corrected chi connectivity index (χ4v) is 3.96. The van der Waals surface area contributed by atoms with Crippen LogP contribution in [-0.4, -0.2) is 16.3 Å². The van der Waals surface area contributed by atoms with Crippen molar-refractivity contribution in [3.8, 4) is 5.75 Å². The lowest BCUT2D eigenvalue weighted by Gasteiger charge is -2.12. The molecule has 6 nitrogen and oxygen atoms in total. The molecule has 4 rings (SSSR count). The van der Waals surface area contributed by atoms with Crippen molar-refractivity contribution >= 4 is 57.6 Å². The van der Waals surface area contributed by atoms with Crippen LogP contribution in [0.3, 0.4) is 0 Å². The summed E-state index contributed by atoms with van der Waals surface area (Å²) < 4.78 is 38.6. The zero-order valence-corrected chi connectivity index (χ0v) is 18.5. The number of hydrogen-bond acceptors (Lipinski definition) is 6. The molecule has 1 N–H and O–H groups in total. The van der Waals surface area contributed by atoms with Crippen LogP contribution in [0.1, 0.15) is 11.1 Å². The number of anilines is 1. The van der Waals surface area contributed by atoms with Gasteiger partial charge in [0.1, 0.15) is 5.75 Å². The van der Waals surface area contributed by atoms with Gasteiger partial charge in [0, 0.05) is 10.6 Å². The number of amides is 2. The van der Waals surface area contributed by atoms with E-state index in [1.807, 2.05) is 0 Å². The molecular formula is C23H13ClF3N3O3S. The maximum Gasteiger partial charge on any atom is 0.416 e. The molecule has 0 atom stereocenters. The van der Waals surface area contributed by atoms with Crippen molar-refractivity contribution in [1.82, 2.24) is 0 Å². The lowest BCUT2D eigenvalue weighted by Crippen LogP contribution is -2.27. The SMILES string of the molecule is O=C1S/C(=C\c2cc(N=Nc3cccc(C(F)(F)F)c3)ccc2O)C(=O)N1c1ccc(Cl)cc1. The highest BCUT2D eigenvalue weighted by Crippen LogP contribution is 2.38. The number of halogens is 4. The minimum Gasteiger partial charge on any atom is -0.507 e. The second kappa shape index (κ2) is 9.32. The highest BCUT2D eigenvalue weighted by atomic mass is 35.5. The topological polar surface area (TPSA) is 82.3 Å². The second-order valence-corrected chi connectivity index (χ2v) is 8.41. The van der Waals surface area contributed by atoms with Gasteiger partial charge in [-0.15, -0.1) is 0 Å². The van der Waals surface area contributed by atoms with Crippen molar-refractivity contribution in [1.29, 1.82) is 0 Å². The third-order valence-electron chi connectivity index (χ3n) is 4.63. The number of carbonyl (C=O) groups is 2. The van der Waals surface area contributed by atoms with Crippen LogP contribution in [0.25, 0.3) is 6.08 Å². The summed E-state index contributed by atoms with van der Waals surface area (Å²) >= 11 is 6.55. The molecule has 0 unspecified atom stereocenters. The van der Waals surface area contributed by atoms with Crippen LogP contribution in [0.2, 0.25) is 5.02 Å². The second-order valence-electron chi connectivity index (χ2n) is 6.98. The number of benzene rings is 3. The van der Waals surface area contributed by atoms with Gasteiger partial charge >= 0.3 is 6.18 Å². The third kappa shape index (κ3) is 5.13. The molecule has 11 heteroatoms. The fourth-order valence-electron chi connectivity index (χ4n) is 3.00. The van der Waals surface area contributed by atoms with E-state index in [0.717, 1.165) is 17.0 Å². The van der Waals surface area contributed by atoms with Gasteiger partial charge in [0.2, 0.25) is 0 Å². The average Bonchev–Trinajstić information content (AvgIpc) is 3.07. The lowest BCUT2D eigenvalue weighted by molar-refractivity contribution is -0.137. The minimum absolute atomic E-state index is 0.00599. The van der Waals surface area contributed by atoms with Gasteiger partial charge in [0.05, 0.1) is 27.5 Å². The standard InChI is InChI=1S/C23H13ClF3N3O3S/c24-15-4-7-18(8-5-15)30-21(32)20(34-22(30)33)11-13-10-17(6-9-19(13)31)29-28-16-3-1-2-14(12-16)23(25,26)27/h1-12,31H/b20-11-,29-28?. The Morgan fingerprint density at radius 1 is 0.941 bits per heavy atom. The highest BCUT2D eigenvalue weighted by Gasteiger charge is 2.36. The van der Waals surface area contributed by atoms with E-state index >= 15 is 0 Å². The van der Waals surface area contributed by atoms with Crippen molar-refractivity contribution < 1.29 is 27.9 Å². The Balaban J connectivity index is 1.59. The van der Waals surface area contributed by atoms with Gasteiger partial charge in [-0.1, -0.05) is 17.7 Å². The third-order valence-corrected chi connectivity index (χ3v) is 5.75. The molecule has 0 aliphatic carbocycles. The number of rotatable bonds is 4. The van der Waals surface area contributed by atoms with Gasteiger partial charge in [0.25, 0.3) is 11.1 Å². The number of carbonyl (C=O) groups excluding carboxylic acids is 2. The summed E-state index contributed by atoms with van der Waals surface area (Å²) in [6.45, 7) is 0. The van der Waals surface area contributed by atoms with E-state index in [2.05, 4.69) is 10.2 Å². The summed E-state index contributed by atoms with van der Waals surface area (Å²) in [5.74, 6) is -0.760. The predicted octanol–water partition coefficient (Wildman–Crippen LogP) is 7.72. The van der Waals surface area contributed by atoms with Crippen LogP contribution in [0.15, 0.2) is 81.9 Å². The lowest BCUT2D eigenvalue weighted by atomic mass is 10.1. The Hall–Kier alpha value is -3.63. The van der Waals surface area contributed by atoms with Gasteiger partial charge in [-0.25, -0.2) is 4.90 Å². The first kappa shape index (κ1) is 23.5. The number of azo groups is 1. The molecule has 2 amide bonds. The van der Waals surface area contributed by atoms with Crippen LogP contribution >= 0.6 is 23.4 Å². The normalized spacial score (nSPS) is 15.6. The summed E-state index contributed by atoms with van der Waals surface area (Å²) in [5, 5.41) is 17.9. The van der Waals surface area contributed by atoms with Gasteiger partial charge in [-0.05, 0) is 78.5 Å². The Kier molecular flexibility index (Phi) is 6.45. The fraction of sp³-hybridized carbons (Fsp3) is 0.0435. The molecule has 3 aromatic carbocycles. The number of phenols is 1. The summed E-state index contributed by atoms with van der Waals surface area (Å²) in [4.78, 5) is 26.2.